The monoisotopic (exact) mass is 425 g/mol. The maximum atomic E-state index is 12.7. The molecule has 0 aromatic heterocycles. The minimum absolute atomic E-state index is 0.0756. The summed E-state index contributed by atoms with van der Waals surface area (Å²) in [5.41, 5.74) is 1.75. The predicted molar refractivity (Wildman–Crippen MR) is 119 cm³/mol. The summed E-state index contributed by atoms with van der Waals surface area (Å²) < 4.78 is 10.7. The van der Waals surface area contributed by atoms with Crippen molar-refractivity contribution < 1.29 is 19.1 Å². The van der Waals surface area contributed by atoms with Crippen LogP contribution < -0.4 is 14.8 Å². The van der Waals surface area contributed by atoms with Crippen LogP contribution >= 0.6 is 0 Å². The molecule has 0 bridgehead atoms. The van der Waals surface area contributed by atoms with Crippen LogP contribution in [0.1, 0.15) is 29.3 Å². The molecule has 1 fully saturated rings. The quantitative estimate of drug-likeness (QED) is 0.704. The Morgan fingerprint density at radius 2 is 1.65 bits per heavy atom. The summed E-state index contributed by atoms with van der Waals surface area (Å²) in [7, 11) is 3.26. The highest BCUT2D eigenvalue weighted by Crippen LogP contribution is 2.28. The average Bonchev–Trinajstić information content (AvgIpc) is 2.79. The fourth-order valence-electron chi connectivity index (χ4n) is 3.73. The Bertz CT molecular complexity index is 880. The summed E-state index contributed by atoms with van der Waals surface area (Å²) in [5.74, 6) is 1.36. The summed E-state index contributed by atoms with van der Waals surface area (Å²) in [6.45, 7) is 5.66. The van der Waals surface area contributed by atoms with Crippen LogP contribution in [-0.4, -0.2) is 68.1 Å². The second-order valence-corrected chi connectivity index (χ2v) is 7.79. The van der Waals surface area contributed by atoms with Crippen molar-refractivity contribution >= 4 is 11.8 Å². The van der Waals surface area contributed by atoms with Gasteiger partial charge in [-0.1, -0.05) is 24.3 Å². The van der Waals surface area contributed by atoms with Gasteiger partial charge in [0.25, 0.3) is 5.91 Å². The number of carbonyl (C=O) groups excluding carboxylic acids is 2. The Morgan fingerprint density at radius 1 is 0.968 bits per heavy atom. The second kappa shape index (κ2) is 10.8. The molecule has 0 radical (unpaired) electrons. The van der Waals surface area contributed by atoms with Crippen LogP contribution in [0.2, 0.25) is 0 Å². The number of nitrogens with zero attached hydrogens (tertiary/aromatic N) is 2. The van der Waals surface area contributed by atoms with E-state index in [0.717, 1.165) is 36.7 Å². The van der Waals surface area contributed by atoms with Gasteiger partial charge in [-0.2, -0.15) is 0 Å². The smallest absolute Gasteiger partial charge is 0.251 e. The number of amides is 2. The number of hydrogen-bond donors (Lipinski definition) is 1. The van der Waals surface area contributed by atoms with Crippen molar-refractivity contribution in [3.63, 3.8) is 0 Å². The fraction of sp³-hybridized carbons (Fsp3) is 0.417. The molecule has 0 saturated carbocycles. The van der Waals surface area contributed by atoms with Gasteiger partial charge in [0.1, 0.15) is 0 Å². The number of ether oxygens (including phenoxy) is 2. The summed E-state index contributed by atoms with van der Waals surface area (Å²) in [6.07, 6.45) is 0.300. The Morgan fingerprint density at radius 3 is 2.29 bits per heavy atom. The molecule has 1 saturated heterocycles. The first-order valence-corrected chi connectivity index (χ1v) is 10.6. The van der Waals surface area contributed by atoms with E-state index >= 15 is 0 Å². The first-order valence-electron chi connectivity index (χ1n) is 10.6. The standard InChI is InChI=1S/C24H31N3O4/c1-18(25-24(29)20-7-5-4-6-8-20)15-23(28)27-13-11-26(12-14-27)17-19-9-10-21(30-2)22(16-19)31-3/h4-10,16,18H,11-15,17H2,1-3H3,(H,25,29). The SMILES string of the molecule is COc1ccc(CN2CCN(C(=O)CC(C)NC(=O)c3ccccc3)CC2)cc1OC. The van der Waals surface area contributed by atoms with Crippen molar-refractivity contribution in [1.82, 2.24) is 15.1 Å². The highest BCUT2D eigenvalue weighted by Gasteiger charge is 2.23. The lowest BCUT2D eigenvalue weighted by Gasteiger charge is -2.35. The highest BCUT2D eigenvalue weighted by atomic mass is 16.5. The summed E-state index contributed by atoms with van der Waals surface area (Å²) in [5, 5.41) is 2.91. The van der Waals surface area contributed by atoms with E-state index < -0.39 is 0 Å². The van der Waals surface area contributed by atoms with E-state index in [9.17, 15) is 9.59 Å². The van der Waals surface area contributed by atoms with Crippen molar-refractivity contribution in [2.24, 2.45) is 0 Å². The van der Waals surface area contributed by atoms with Crippen molar-refractivity contribution in [3.8, 4) is 11.5 Å². The van der Waals surface area contributed by atoms with E-state index in [-0.39, 0.29) is 17.9 Å². The zero-order chi connectivity index (χ0) is 22.2. The lowest BCUT2D eigenvalue weighted by atomic mass is 10.1. The van der Waals surface area contributed by atoms with Gasteiger partial charge in [0.2, 0.25) is 5.91 Å². The molecule has 1 aliphatic rings. The third kappa shape index (κ3) is 6.21. The topological polar surface area (TPSA) is 71.1 Å². The van der Waals surface area contributed by atoms with Crippen LogP contribution in [0.15, 0.2) is 48.5 Å². The molecule has 2 amide bonds. The van der Waals surface area contributed by atoms with E-state index in [4.69, 9.17) is 9.47 Å². The van der Waals surface area contributed by atoms with Crippen LogP contribution in [0.5, 0.6) is 11.5 Å². The van der Waals surface area contributed by atoms with Crippen molar-refractivity contribution in [1.29, 1.82) is 0 Å². The van der Waals surface area contributed by atoms with Crippen LogP contribution in [0.4, 0.5) is 0 Å². The van der Waals surface area contributed by atoms with Crippen molar-refractivity contribution in [2.75, 3.05) is 40.4 Å². The minimum Gasteiger partial charge on any atom is -0.493 e. The van der Waals surface area contributed by atoms with Gasteiger partial charge in [-0.05, 0) is 36.8 Å². The maximum Gasteiger partial charge on any atom is 0.251 e. The molecule has 3 rings (SSSR count). The van der Waals surface area contributed by atoms with E-state index in [1.54, 1.807) is 26.4 Å². The van der Waals surface area contributed by atoms with E-state index in [2.05, 4.69) is 10.2 Å². The number of methoxy groups -OCH3 is 2. The lowest BCUT2D eigenvalue weighted by molar-refractivity contribution is -0.133. The first kappa shape index (κ1) is 22.6. The molecule has 7 nitrogen and oxygen atoms in total. The Hall–Kier alpha value is -3.06. The van der Waals surface area contributed by atoms with Gasteiger partial charge >= 0.3 is 0 Å². The molecule has 1 aliphatic heterocycles. The molecule has 166 valence electrons. The van der Waals surface area contributed by atoms with E-state index in [0.29, 0.717) is 25.1 Å². The van der Waals surface area contributed by atoms with Crippen LogP contribution in [0.3, 0.4) is 0 Å². The molecule has 0 spiro atoms. The van der Waals surface area contributed by atoms with E-state index in [1.807, 2.05) is 48.2 Å². The third-order valence-corrected chi connectivity index (χ3v) is 5.47. The number of rotatable bonds is 8. The predicted octanol–water partition coefficient (Wildman–Crippen LogP) is 2.56. The lowest BCUT2D eigenvalue weighted by Crippen LogP contribution is -2.49. The van der Waals surface area contributed by atoms with Gasteiger partial charge < -0.3 is 19.7 Å². The molecule has 31 heavy (non-hydrogen) atoms. The molecule has 1 N–H and O–H groups in total. The molecule has 2 aromatic rings. The molecular formula is C24H31N3O4. The zero-order valence-electron chi connectivity index (χ0n) is 18.5. The summed E-state index contributed by atoms with van der Waals surface area (Å²) in [4.78, 5) is 29.1. The third-order valence-electron chi connectivity index (χ3n) is 5.47. The number of nitrogens with one attached hydrogen (secondary N) is 1. The molecular weight excluding hydrogens is 394 g/mol. The molecule has 2 aromatic carbocycles. The number of carbonyl (C=O) groups is 2. The summed E-state index contributed by atoms with van der Waals surface area (Å²) in [6, 6.07) is 14.8. The number of hydrogen-bond acceptors (Lipinski definition) is 5. The summed E-state index contributed by atoms with van der Waals surface area (Å²) >= 11 is 0. The second-order valence-electron chi connectivity index (χ2n) is 7.79. The zero-order valence-corrected chi connectivity index (χ0v) is 18.5. The largest absolute Gasteiger partial charge is 0.493 e. The molecule has 7 heteroatoms. The molecule has 1 heterocycles. The number of benzene rings is 2. The van der Waals surface area contributed by atoms with Crippen LogP contribution in [0, 0.1) is 0 Å². The highest BCUT2D eigenvalue weighted by molar-refractivity contribution is 5.94. The van der Waals surface area contributed by atoms with Gasteiger partial charge in [-0.25, -0.2) is 0 Å². The Kier molecular flexibility index (Phi) is 7.89. The van der Waals surface area contributed by atoms with Crippen LogP contribution in [0.25, 0.3) is 0 Å². The van der Waals surface area contributed by atoms with Gasteiger partial charge in [0, 0.05) is 50.7 Å². The average molecular weight is 426 g/mol. The Labute approximate surface area is 183 Å². The van der Waals surface area contributed by atoms with Gasteiger partial charge in [-0.15, -0.1) is 0 Å². The van der Waals surface area contributed by atoms with E-state index in [1.165, 1.54) is 0 Å². The number of piperazine rings is 1. The van der Waals surface area contributed by atoms with Gasteiger partial charge in [0.05, 0.1) is 14.2 Å². The van der Waals surface area contributed by atoms with Gasteiger partial charge in [-0.3, -0.25) is 14.5 Å². The van der Waals surface area contributed by atoms with Crippen molar-refractivity contribution in [3.05, 3.63) is 59.7 Å². The molecule has 1 atom stereocenters. The maximum absolute atomic E-state index is 12.7. The normalized spacial score (nSPS) is 15.3. The van der Waals surface area contributed by atoms with Crippen LogP contribution in [-0.2, 0) is 11.3 Å². The van der Waals surface area contributed by atoms with Gasteiger partial charge in [0.15, 0.2) is 11.5 Å². The van der Waals surface area contributed by atoms with Crippen molar-refractivity contribution in [2.45, 2.75) is 25.9 Å². The first-order chi connectivity index (χ1) is 15.0. The molecule has 0 aliphatic carbocycles. The molecule has 1 unspecified atom stereocenters. The Balaban J connectivity index is 1.44. The fourth-order valence-corrected chi connectivity index (χ4v) is 3.73. The minimum atomic E-state index is -0.218.